The molecule has 1 aliphatic rings. The molecule has 0 spiro atoms. The lowest BCUT2D eigenvalue weighted by atomic mass is 10.1. The molecule has 1 aliphatic heterocycles. The zero-order chi connectivity index (χ0) is 21.0. The summed E-state index contributed by atoms with van der Waals surface area (Å²) in [6.07, 6.45) is 2.88. The second-order valence-corrected chi connectivity index (χ2v) is 9.04. The summed E-state index contributed by atoms with van der Waals surface area (Å²) in [5, 5.41) is 0. The number of nitrogens with zero attached hydrogens (tertiary/aromatic N) is 4. The average molecular weight is 421 g/mol. The van der Waals surface area contributed by atoms with E-state index >= 15 is 0 Å². The smallest absolute Gasteiger partial charge is 0.244 e. The number of aromatic nitrogens is 1. The summed E-state index contributed by atoms with van der Waals surface area (Å²) < 4.78 is 39.9. The topological polar surface area (TPSA) is 73.8 Å². The minimum absolute atomic E-state index is 0.0645. The molecule has 1 saturated heterocycles. The Bertz CT molecular complexity index is 930. The number of sulfonamides is 1. The molecule has 1 aromatic heterocycles. The molecular formula is C20H25FN4O3S. The van der Waals surface area contributed by atoms with Gasteiger partial charge in [-0.1, -0.05) is 12.1 Å². The normalized spacial score (nSPS) is 17.1. The fourth-order valence-corrected chi connectivity index (χ4v) is 4.65. The average Bonchev–Trinajstić information content (AvgIpc) is 2.74. The third-order valence-corrected chi connectivity index (χ3v) is 7.17. The van der Waals surface area contributed by atoms with Crippen LogP contribution in [0.4, 0.5) is 4.39 Å². The van der Waals surface area contributed by atoms with Gasteiger partial charge >= 0.3 is 0 Å². The summed E-state index contributed by atoms with van der Waals surface area (Å²) in [5.41, 5.74) is 0.856. The van der Waals surface area contributed by atoms with Gasteiger partial charge in [-0.25, -0.2) is 12.8 Å². The fourth-order valence-electron chi connectivity index (χ4n) is 3.26. The number of halogens is 1. The molecule has 0 N–H and O–H groups in total. The number of pyridine rings is 1. The van der Waals surface area contributed by atoms with Crippen molar-refractivity contribution >= 4 is 15.9 Å². The summed E-state index contributed by atoms with van der Waals surface area (Å²) in [7, 11) is -1.84. The lowest BCUT2D eigenvalue weighted by Gasteiger charge is -2.35. The molecule has 0 bridgehead atoms. The maximum absolute atomic E-state index is 13.1. The molecule has 3 rings (SSSR count). The van der Waals surface area contributed by atoms with Gasteiger partial charge in [0.15, 0.2) is 0 Å². The van der Waals surface area contributed by atoms with E-state index in [4.69, 9.17) is 0 Å². The van der Waals surface area contributed by atoms with Gasteiger partial charge in [0.2, 0.25) is 15.9 Å². The summed E-state index contributed by atoms with van der Waals surface area (Å²) in [6.45, 7) is 3.70. The highest BCUT2D eigenvalue weighted by Gasteiger charge is 2.30. The number of amides is 1. The summed E-state index contributed by atoms with van der Waals surface area (Å²) in [6, 6.07) is 9.05. The van der Waals surface area contributed by atoms with Gasteiger partial charge < -0.3 is 4.90 Å². The van der Waals surface area contributed by atoms with Crippen LogP contribution >= 0.6 is 0 Å². The Hall–Kier alpha value is -2.36. The predicted molar refractivity (Wildman–Crippen MR) is 107 cm³/mol. The molecule has 1 atom stereocenters. The van der Waals surface area contributed by atoms with Gasteiger partial charge in [-0.2, -0.15) is 4.31 Å². The van der Waals surface area contributed by atoms with Crippen LogP contribution in [0.2, 0.25) is 0 Å². The van der Waals surface area contributed by atoms with Crippen molar-refractivity contribution in [3.8, 4) is 0 Å². The molecule has 0 aliphatic carbocycles. The highest BCUT2D eigenvalue weighted by atomic mass is 32.2. The van der Waals surface area contributed by atoms with E-state index in [-0.39, 0.29) is 29.2 Å². The minimum atomic E-state index is -3.57. The Balaban J connectivity index is 1.55. The molecule has 9 heteroatoms. The van der Waals surface area contributed by atoms with Gasteiger partial charge in [-0.3, -0.25) is 14.7 Å². The van der Waals surface area contributed by atoms with E-state index in [1.54, 1.807) is 30.1 Å². The third kappa shape index (κ3) is 4.98. The lowest BCUT2D eigenvalue weighted by Crippen LogP contribution is -2.51. The Morgan fingerprint density at radius 3 is 2.41 bits per heavy atom. The van der Waals surface area contributed by atoms with Crippen molar-refractivity contribution in [2.24, 2.45) is 0 Å². The number of carbonyl (C=O) groups excluding carboxylic acids is 1. The number of rotatable bonds is 6. The van der Waals surface area contributed by atoms with Gasteiger partial charge in [-0.15, -0.1) is 0 Å². The van der Waals surface area contributed by atoms with E-state index in [1.165, 1.54) is 34.9 Å². The maximum Gasteiger partial charge on any atom is 0.244 e. The van der Waals surface area contributed by atoms with Crippen LogP contribution in [0.1, 0.15) is 18.5 Å². The molecule has 156 valence electrons. The van der Waals surface area contributed by atoms with Crippen LogP contribution in [0.25, 0.3) is 0 Å². The van der Waals surface area contributed by atoms with Crippen LogP contribution in [-0.2, 0) is 14.8 Å². The van der Waals surface area contributed by atoms with Gasteiger partial charge in [0.1, 0.15) is 10.7 Å². The zero-order valence-electron chi connectivity index (χ0n) is 16.5. The molecule has 0 radical (unpaired) electrons. The molecule has 1 fully saturated rings. The maximum atomic E-state index is 13.1. The molecule has 1 unspecified atom stereocenters. The minimum Gasteiger partial charge on any atom is -0.338 e. The largest absolute Gasteiger partial charge is 0.338 e. The number of benzene rings is 1. The molecule has 0 saturated carbocycles. The van der Waals surface area contributed by atoms with Crippen molar-refractivity contribution < 1.29 is 17.6 Å². The van der Waals surface area contributed by atoms with Crippen LogP contribution < -0.4 is 0 Å². The van der Waals surface area contributed by atoms with E-state index in [2.05, 4.69) is 4.98 Å². The van der Waals surface area contributed by atoms with Crippen molar-refractivity contribution in [1.82, 2.24) is 19.1 Å². The van der Waals surface area contributed by atoms with Gasteiger partial charge in [0, 0.05) is 45.6 Å². The SMILES string of the molecule is CC(c1ccc(F)cc1)N(C)C(=O)CN1CCN(S(=O)(=O)c2cccnc2)CC1. The molecule has 2 aromatic rings. The Kier molecular flexibility index (Phi) is 6.61. The van der Waals surface area contributed by atoms with E-state index in [0.717, 1.165) is 5.56 Å². The molecule has 7 nitrogen and oxygen atoms in total. The number of hydrogen-bond donors (Lipinski definition) is 0. The molecule has 1 amide bonds. The van der Waals surface area contributed by atoms with Crippen molar-refractivity contribution in [2.45, 2.75) is 17.9 Å². The van der Waals surface area contributed by atoms with Gasteiger partial charge in [0.25, 0.3) is 0 Å². The van der Waals surface area contributed by atoms with Crippen LogP contribution in [-0.4, -0.2) is 73.2 Å². The first-order valence-corrected chi connectivity index (χ1v) is 10.9. The van der Waals surface area contributed by atoms with E-state index in [0.29, 0.717) is 26.2 Å². The van der Waals surface area contributed by atoms with Crippen molar-refractivity contribution in [1.29, 1.82) is 0 Å². The summed E-state index contributed by atoms with van der Waals surface area (Å²) in [5.74, 6) is -0.376. The van der Waals surface area contributed by atoms with Crippen molar-refractivity contribution in [2.75, 3.05) is 39.8 Å². The van der Waals surface area contributed by atoms with E-state index in [9.17, 15) is 17.6 Å². The lowest BCUT2D eigenvalue weighted by molar-refractivity contribution is -0.133. The second kappa shape index (κ2) is 8.98. The monoisotopic (exact) mass is 420 g/mol. The third-order valence-electron chi connectivity index (χ3n) is 5.29. The number of likely N-dealkylation sites (N-methyl/N-ethyl adjacent to an activating group) is 1. The Morgan fingerprint density at radius 1 is 1.17 bits per heavy atom. The number of carbonyl (C=O) groups is 1. The highest BCUT2D eigenvalue weighted by molar-refractivity contribution is 7.89. The molecule has 1 aromatic carbocycles. The molecule has 29 heavy (non-hydrogen) atoms. The van der Waals surface area contributed by atoms with Crippen LogP contribution in [0.3, 0.4) is 0 Å². The fraction of sp³-hybridized carbons (Fsp3) is 0.400. The van der Waals surface area contributed by atoms with Crippen LogP contribution in [0, 0.1) is 5.82 Å². The van der Waals surface area contributed by atoms with Gasteiger partial charge in [-0.05, 0) is 36.8 Å². The number of hydrogen-bond acceptors (Lipinski definition) is 5. The predicted octanol–water partition coefficient (Wildman–Crippen LogP) is 1.75. The first kappa shape index (κ1) is 21.4. The van der Waals surface area contributed by atoms with Gasteiger partial charge in [0.05, 0.1) is 12.6 Å². The Labute approximate surface area is 170 Å². The molecular weight excluding hydrogens is 395 g/mol. The zero-order valence-corrected chi connectivity index (χ0v) is 17.3. The van der Waals surface area contributed by atoms with Crippen LogP contribution in [0.15, 0.2) is 53.7 Å². The first-order chi connectivity index (χ1) is 13.8. The quantitative estimate of drug-likeness (QED) is 0.712. The van der Waals surface area contributed by atoms with E-state index < -0.39 is 10.0 Å². The van der Waals surface area contributed by atoms with Crippen LogP contribution in [0.5, 0.6) is 0 Å². The second-order valence-electron chi connectivity index (χ2n) is 7.10. The van der Waals surface area contributed by atoms with Crippen molar-refractivity contribution in [3.05, 3.63) is 60.2 Å². The molecule has 2 heterocycles. The van der Waals surface area contributed by atoms with E-state index in [1.807, 2.05) is 11.8 Å². The number of piperazine rings is 1. The first-order valence-electron chi connectivity index (χ1n) is 9.42. The summed E-state index contributed by atoms with van der Waals surface area (Å²) in [4.78, 5) is 20.3. The standard InChI is InChI=1S/C20H25FN4O3S/c1-16(17-5-7-18(21)8-6-17)23(2)20(26)15-24-10-12-25(13-11-24)29(27,28)19-4-3-9-22-14-19/h3-9,14,16H,10-13,15H2,1-2H3. The van der Waals surface area contributed by atoms with Crippen molar-refractivity contribution in [3.63, 3.8) is 0 Å². The summed E-state index contributed by atoms with van der Waals surface area (Å²) >= 11 is 0. The Morgan fingerprint density at radius 2 is 1.83 bits per heavy atom. The highest BCUT2D eigenvalue weighted by Crippen LogP contribution is 2.20.